The first-order valence-corrected chi connectivity index (χ1v) is 6.55. The fourth-order valence-corrected chi connectivity index (χ4v) is 1.90. The van der Waals surface area contributed by atoms with E-state index in [1.165, 1.54) is 12.8 Å². The van der Waals surface area contributed by atoms with Gasteiger partial charge in [-0.2, -0.15) is 0 Å². The molecule has 0 unspecified atom stereocenters. The van der Waals surface area contributed by atoms with Crippen molar-refractivity contribution in [1.82, 2.24) is 4.90 Å². The van der Waals surface area contributed by atoms with Crippen LogP contribution < -0.4 is 21.5 Å². The van der Waals surface area contributed by atoms with Crippen LogP contribution in [0.1, 0.15) is 26.2 Å². The Morgan fingerprint density at radius 1 is 1.06 bits per heavy atom. The molecular formula is C13H23N3O2. The van der Waals surface area contributed by atoms with Crippen LogP contribution in [0.15, 0.2) is 9.59 Å². The van der Waals surface area contributed by atoms with Crippen molar-refractivity contribution in [3.05, 3.63) is 20.4 Å². The van der Waals surface area contributed by atoms with Gasteiger partial charge in [-0.05, 0) is 33.0 Å². The summed E-state index contributed by atoms with van der Waals surface area (Å²) in [6.45, 7) is 5.01. The van der Waals surface area contributed by atoms with E-state index in [0.29, 0.717) is 11.4 Å². The van der Waals surface area contributed by atoms with Crippen molar-refractivity contribution in [3.8, 4) is 0 Å². The van der Waals surface area contributed by atoms with Crippen LogP contribution >= 0.6 is 0 Å². The molecule has 0 saturated heterocycles. The third kappa shape index (κ3) is 3.57. The minimum absolute atomic E-state index is 0.404. The number of nitrogens with zero attached hydrogens (tertiary/aromatic N) is 1. The van der Waals surface area contributed by atoms with Crippen LogP contribution in [0.3, 0.4) is 0 Å². The Balaban J connectivity index is 2.24. The lowest BCUT2D eigenvalue weighted by Crippen LogP contribution is -2.37. The summed E-state index contributed by atoms with van der Waals surface area (Å²) in [4.78, 5) is 24.7. The fraction of sp³-hybridized carbons (Fsp3) is 0.692. The summed E-state index contributed by atoms with van der Waals surface area (Å²) in [5, 5.41) is 5.78. The third-order valence-electron chi connectivity index (χ3n) is 3.07. The Bertz CT molecular complexity index is 435. The van der Waals surface area contributed by atoms with E-state index in [9.17, 15) is 9.59 Å². The number of unbranched alkanes of at least 4 members (excludes halogenated alkanes) is 1. The number of anilines is 2. The van der Waals surface area contributed by atoms with Crippen LogP contribution in [0.4, 0.5) is 11.4 Å². The number of nitrogens with one attached hydrogen (secondary N) is 2. The maximum absolute atomic E-state index is 11.3. The fourth-order valence-electron chi connectivity index (χ4n) is 1.90. The van der Waals surface area contributed by atoms with Crippen molar-refractivity contribution in [3.63, 3.8) is 0 Å². The van der Waals surface area contributed by atoms with Gasteiger partial charge in [0.05, 0.1) is 0 Å². The van der Waals surface area contributed by atoms with Gasteiger partial charge < -0.3 is 15.5 Å². The molecule has 0 aliphatic carbocycles. The maximum atomic E-state index is 11.3. The largest absolute Gasteiger partial charge is 0.383 e. The van der Waals surface area contributed by atoms with Crippen LogP contribution in [0.2, 0.25) is 0 Å². The smallest absolute Gasteiger partial charge is 0.253 e. The molecule has 0 aromatic heterocycles. The molecule has 5 nitrogen and oxygen atoms in total. The van der Waals surface area contributed by atoms with Crippen LogP contribution in [-0.4, -0.2) is 38.6 Å². The Morgan fingerprint density at radius 2 is 1.67 bits per heavy atom. The van der Waals surface area contributed by atoms with Gasteiger partial charge in [-0.25, -0.2) is 0 Å². The summed E-state index contributed by atoms with van der Waals surface area (Å²) >= 11 is 0. The van der Waals surface area contributed by atoms with Crippen LogP contribution in [0, 0.1) is 0 Å². The second-order valence-corrected chi connectivity index (χ2v) is 4.60. The van der Waals surface area contributed by atoms with Gasteiger partial charge in [0.2, 0.25) is 0 Å². The molecule has 2 N–H and O–H groups in total. The second kappa shape index (κ2) is 7.16. The molecular weight excluding hydrogens is 230 g/mol. The Morgan fingerprint density at radius 3 is 2.28 bits per heavy atom. The molecule has 0 aliphatic rings. The van der Waals surface area contributed by atoms with E-state index in [1.807, 2.05) is 0 Å². The van der Waals surface area contributed by atoms with Crippen molar-refractivity contribution in [2.75, 3.05) is 44.4 Å². The highest BCUT2D eigenvalue weighted by Crippen LogP contribution is 2.12. The second-order valence-electron chi connectivity index (χ2n) is 4.60. The van der Waals surface area contributed by atoms with Crippen LogP contribution in [-0.2, 0) is 0 Å². The van der Waals surface area contributed by atoms with E-state index in [0.717, 1.165) is 26.1 Å². The Kier molecular flexibility index (Phi) is 5.85. The van der Waals surface area contributed by atoms with E-state index in [4.69, 9.17) is 0 Å². The topological polar surface area (TPSA) is 61.4 Å². The molecule has 5 heteroatoms. The van der Waals surface area contributed by atoms with E-state index < -0.39 is 10.9 Å². The Hall–Kier alpha value is -1.36. The molecule has 0 fully saturated rings. The SMILES string of the molecule is CCCCN(C)CCCNc1c(NC)c(=O)c1=O. The molecule has 0 aliphatic heterocycles. The zero-order valence-corrected chi connectivity index (χ0v) is 11.5. The minimum Gasteiger partial charge on any atom is -0.383 e. The zero-order chi connectivity index (χ0) is 13.5. The highest BCUT2D eigenvalue weighted by molar-refractivity contribution is 5.73. The highest BCUT2D eigenvalue weighted by Gasteiger charge is 2.18. The molecule has 1 rings (SSSR count). The zero-order valence-electron chi connectivity index (χ0n) is 11.5. The first kappa shape index (κ1) is 14.7. The van der Waals surface area contributed by atoms with Gasteiger partial charge in [-0.1, -0.05) is 13.3 Å². The normalized spacial score (nSPS) is 11.1. The lowest BCUT2D eigenvalue weighted by Gasteiger charge is -2.17. The van der Waals surface area contributed by atoms with E-state index >= 15 is 0 Å². The number of hydrogen-bond acceptors (Lipinski definition) is 5. The summed E-state index contributed by atoms with van der Waals surface area (Å²) in [5.74, 6) is 0. The molecule has 0 amide bonds. The van der Waals surface area contributed by atoms with Gasteiger partial charge in [-0.15, -0.1) is 0 Å². The predicted molar refractivity (Wildman–Crippen MR) is 76.4 cm³/mol. The molecule has 18 heavy (non-hydrogen) atoms. The Labute approximate surface area is 108 Å². The molecule has 0 bridgehead atoms. The van der Waals surface area contributed by atoms with Gasteiger partial charge in [-0.3, -0.25) is 9.59 Å². The average Bonchev–Trinajstić information content (AvgIpc) is 2.38. The van der Waals surface area contributed by atoms with E-state index in [-0.39, 0.29) is 0 Å². The summed E-state index contributed by atoms with van der Waals surface area (Å²) in [5.41, 5.74) is 0.0387. The van der Waals surface area contributed by atoms with Crippen molar-refractivity contribution >= 4 is 11.4 Å². The minimum atomic E-state index is -0.417. The van der Waals surface area contributed by atoms with Crippen molar-refractivity contribution < 1.29 is 0 Å². The summed E-state index contributed by atoms with van der Waals surface area (Å²) in [6.07, 6.45) is 3.38. The predicted octanol–water partition coefficient (Wildman–Crippen LogP) is 0.858. The summed E-state index contributed by atoms with van der Waals surface area (Å²) in [6, 6.07) is 0. The standard InChI is InChI=1S/C13H23N3O2/c1-4-5-8-16(3)9-6-7-15-11-10(14-2)12(17)13(11)18/h14-15H,4-9H2,1-3H3. The van der Waals surface area contributed by atoms with E-state index in [2.05, 4.69) is 29.5 Å². The van der Waals surface area contributed by atoms with Gasteiger partial charge in [0.15, 0.2) is 0 Å². The molecule has 1 aromatic carbocycles. The lowest BCUT2D eigenvalue weighted by molar-refractivity contribution is 0.327. The molecule has 0 saturated carbocycles. The van der Waals surface area contributed by atoms with Gasteiger partial charge in [0.1, 0.15) is 11.4 Å². The molecule has 0 radical (unpaired) electrons. The van der Waals surface area contributed by atoms with Crippen LogP contribution in [0.25, 0.3) is 0 Å². The first-order chi connectivity index (χ1) is 8.61. The maximum Gasteiger partial charge on any atom is 0.253 e. The first-order valence-electron chi connectivity index (χ1n) is 6.55. The van der Waals surface area contributed by atoms with Crippen molar-refractivity contribution in [1.29, 1.82) is 0 Å². The summed E-state index contributed by atoms with van der Waals surface area (Å²) < 4.78 is 0. The highest BCUT2D eigenvalue weighted by atomic mass is 16.2. The van der Waals surface area contributed by atoms with Gasteiger partial charge in [0, 0.05) is 13.6 Å². The average molecular weight is 253 g/mol. The van der Waals surface area contributed by atoms with E-state index in [1.54, 1.807) is 7.05 Å². The molecule has 0 spiro atoms. The monoisotopic (exact) mass is 253 g/mol. The van der Waals surface area contributed by atoms with Crippen molar-refractivity contribution in [2.24, 2.45) is 0 Å². The number of hydrogen-bond donors (Lipinski definition) is 2. The molecule has 102 valence electrons. The van der Waals surface area contributed by atoms with Gasteiger partial charge >= 0.3 is 0 Å². The molecule has 0 heterocycles. The van der Waals surface area contributed by atoms with Gasteiger partial charge in [0.25, 0.3) is 10.9 Å². The summed E-state index contributed by atoms with van der Waals surface area (Å²) in [7, 11) is 3.76. The lowest BCUT2D eigenvalue weighted by atomic mass is 10.2. The quantitative estimate of drug-likeness (QED) is 0.505. The van der Waals surface area contributed by atoms with Crippen LogP contribution in [0.5, 0.6) is 0 Å². The third-order valence-corrected chi connectivity index (χ3v) is 3.07. The molecule has 1 aromatic rings. The number of rotatable bonds is 9. The van der Waals surface area contributed by atoms with Crippen molar-refractivity contribution in [2.45, 2.75) is 26.2 Å². The molecule has 0 atom stereocenters.